The predicted octanol–water partition coefficient (Wildman–Crippen LogP) is 2.59. The minimum atomic E-state index is 0.651. The number of hydrogen-bond donors (Lipinski definition) is 1. The van der Waals surface area contributed by atoms with Crippen LogP contribution in [0.25, 0.3) is 11.3 Å². The van der Waals surface area contributed by atoms with Crippen LogP contribution < -0.4 is 5.32 Å². The molecule has 0 saturated carbocycles. The monoisotopic (exact) mass is 283 g/mol. The molecule has 2 aromatic rings. The van der Waals surface area contributed by atoms with Crippen LogP contribution in [0.4, 0.5) is 0 Å². The molecule has 2 fully saturated rings. The fraction of sp³-hybridized carbons (Fsp3) is 0.471. The van der Waals surface area contributed by atoms with Crippen molar-refractivity contribution in [2.75, 3.05) is 13.1 Å². The number of rotatable bonds is 3. The van der Waals surface area contributed by atoms with E-state index in [-0.39, 0.29) is 0 Å². The van der Waals surface area contributed by atoms with Crippen LogP contribution in [0.2, 0.25) is 0 Å². The number of hydrogen-bond acceptors (Lipinski definition) is 4. The van der Waals surface area contributed by atoms with Gasteiger partial charge in [-0.15, -0.1) is 0 Å². The molecule has 4 heteroatoms. The molecule has 0 amide bonds. The minimum Gasteiger partial charge on any atom is -0.439 e. The molecular weight excluding hydrogens is 262 g/mol. The molecular formula is C17H21N3O. The Morgan fingerprint density at radius 2 is 2.00 bits per heavy atom. The van der Waals surface area contributed by atoms with Crippen molar-refractivity contribution in [1.29, 1.82) is 0 Å². The van der Waals surface area contributed by atoms with Gasteiger partial charge >= 0.3 is 0 Å². The highest BCUT2D eigenvalue weighted by Gasteiger charge is 2.36. The molecule has 2 aliphatic heterocycles. The van der Waals surface area contributed by atoms with Gasteiger partial charge in [0.2, 0.25) is 5.89 Å². The fourth-order valence-corrected chi connectivity index (χ4v) is 3.64. The Bertz CT molecular complexity index is 620. The first-order valence-corrected chi connectivity index (χ1v) is 7.78. The molecule has 1 aromatic heterocycles. The van der Waals surface area contributed by atoms with Crippen molar-refractivity contribution in [2.45, 2.75) is 38.4 Å². The van der Waals surface area contributed by atoms with Gasteiger partial charge in [-0.25, -0.2) is 4.98 Å². The second kappa shape index (κ2) is 5.28. The zero-order chi connectivity index (χ0) is 14.2. The molecule has 21 heavy (non-hydrogen) atoms. The zero-order valence-electron chi connectivity index (χ0n) is 12.4. The third-order valence-electron chi connectivity index (χ3n) is 4.81. The van der Waals surface area contributed by atoms with Gasteiger partial charge in [-0.3, -0.25) is 4.90 Å². The average Bonchev–Trinajstić information content (AvgIpc) is 3.02. The van der Waals surface area contributed by atoms with E-state index in [2.05, 4.69) is 40.3 Å². The number of fused-ring (bicyclic) bond motifs is 2. The largest absolute Gasteiger partial charge is 0.439 e. The second-order valence-corrected chi connectivity index (χ2v) is 6.15. The Labute approximate surface area is 125 Å². The van der Waals surface area contributed by atoms with E-state index in [0.717, 1.165) is 36.8 Å². The minimum absolute atomic E-state index is 0.651. The molecule has 4 nitrogen and oxygen atoms in total. The number of benzene rings is 1. The molecule has 4 rings (SSSR count). The summed E-state index contributed by atoms with van der Waals surface area (Å²) in [7, 11) is 0. The quantitative estimate of drug-likeness (QED) is 0.940. The fourth-order valence-electron chi connectivity index (χ4n) is 3.64. The lowest BCUT2D eigenvalue weighted by atomic mass is 10.1. The van der Waals surface area contributed by atoms with Crippen molar-refractivity contribution in [3.8, 4) is 11.3 Å². The normalized spacial score (nSPS) is 25.4. The molecule has 2 unspecified atom stereocenters. The highest BCUT2D eigenvalue weighted by molar-refractivity contribution is 5.60. The maximum atomic E-state index is 6.00. The third kappa shape index (κ3) is 2.39. The van der Waals surface area contributed by atoms with E-state index in [1.165, 1.54) is 18.4 Å². The van der Waals surface area contributed by atoms with Crippen LogP contribution in [-0.2, 0) is 6.54 Å². The van der Waals surface area contributed by atoms with Crippen molar-refractivity contribution in [2.24, 2.45) is 0 Å². The number of nitrogens with zero attached hydrogens (tertiary/aromatic N) is 2. The Morgan fingerprint density at radius 3 is 2.76 bits per heavy atom. The lowest BCUT2D eigenvalue weighted by Gasteiger charge is -2.34. The van der Waals surface area contributed by atoms with E-state index in [1.54, 1.807) is 0 Å². The van der Waals surface area contributed by atoms with E-state index in [1.807, 2.05) is 12.3 Å². The molecule has 1 N–H and O–H groups in total. The van der Waals surface area contributed by atoms with E-state index < -0.39 is 0 Å². The predicted molar refractivity (Wildman–Crippen MR) is 81.9 cm³/mol. The van der Waals surface area contributed by atoms with Crippen LogP contribution in [0.1, 0.15) is 24.3 Å². The van der Waals surface area contributed by atoms with E-state index >= 15 is 0 Å². The van der Waals surface area contributed by atoms with Crippen molar-refractivity contribution in [3.63, 3.8) is 0 Å². The summed E-state index contributed by atoms with van der Waals surface area (Å²) in [5.41, 5.74) is 2.36. The highest BCUT2D eigenvalue weighted by atomic mass is 16.4. The Hall–Kier alpha value is -1.65. The molecule has 2 bridgehead atoms. The molecule has 110 valence electrons. The van der Waals surface area contributed by atoms with Crippen molar-refractivity contribution < 1.29 is 4.42 Å². The van der Waals surface area contributed by atoms with Crippen LogP contribution >= 0.6 is 0 Å². The van der Waals surface area contributed by atoms with Crippen LogP contribution in [0.15, 0.2) is 34.9 Å². The summed E-state index contributed by atoms with van der Waals surface area (Å²) in [6, 6.07) is 9.59. The summed E-state index contributed by atoms with van der Waals surface area (Å²) >= 11 is 0. The molecule has 2 atom stereocenters. The number of nitrogens with one attached hydrogen (secondary N) is 1. The van der Waals surface area contributed by atoms with Crippen LogP contribution in [0.5, 0.6) is 0 Å². The molecule has 2 aliphatic rings. The van der Waals surface area contributed by atoms with Gasteiger partial charge in [-0.1, -0.05) is 24.3 Å². The Balaban J connectivity index is 1.54. The first-order valence-electron chi connectivity index (χ1n) is 7.78. The van der Waals surface area contributed by atoms with Crippen molar-refractivity contribution in [1.82, 2.24) is 15.2 Å². The maximum absolute atomic E-state index is 6.00. The summed E-state index contributed by atoms with van der Waals surface area (Å²) in [4.78, 5) is 7.06. The van der Waals surface area contributed by atoms with E-state index in [0.29, 0.717) is 12.1 Å². The van der Waals surface area contributed by atoms with Crippen molar-refractivity contribution >= 4 is 0 Å². The van der Waals surface area contributed by atoms with Gasteiger partial charge < -0.3 is 9.73 Å². The smallest absolute Gasteiger partial charge is 0.209 e. The molecule has 1 aromatic carbocycles. The van der Waals surface area contributed by atoms with E-state index in [4.69, 9.17) is 4.42 Å². The Kier molecular flexibility index (Phi) is 3.28. The summed E-state index contributed by atoms with van der Waals surface area (Å²) in [5, 5.41) is 3.51. The highest BCUT2D eigenvalue weighted by Crippen LogP contribution is 2.29. The molecule has 0 spiro atoms. The first kappa shape index (κ1) is 13.0. The average molecular weight is 283 g/mol. The molecule has 0 aliphatic carbocycles. The van der Waals surface area contributed by atoms with Crippen LogP contribution in [-0.4, -0.2) is 35.1 Å². The van der Waals surface area contributed by atoms with Gasteiger partial charge in [-0.05, 0) is 25.3 Å². The van der Waals surface area contributed by atoms with Crippen LogP contribution in [0.3, 0.4) is 0 Å². The number of aryl methyl sites for hydroxylation is 1. The third-order valence-corrected chi connectivity index (χ3v) is 4.81. The summed E-state index contributed by atoms with van der Waals surface area (Å²) in [5.74, 6) is 1.72. The van der Waals surface area contributed by atoms with Gasteiger partial charge in [0, 0.05) is 30.7 Å². The van der Waals surface area contributed by atoms with Gasteiger partial charge in [0.05, 0.1) is 12.7 Å². The number of aromatic nitrogens is 1. The van der Waals surface area contributed by atoms with Gasteiger partial charge in [0.25, 0.3) is 0 Å². The molecule has 0 radical (unpaired) electrons. The maximum Gasteiger partial charge on any atom is 0.209 e. The SMILES string of the molecule is Cc1ccccc1-c1cnc(CN2C3CCC2CNC3)o1. The summed E-state index contributed by atoms with van der Waals surface area (Å²) < 4.78 is 6.00. The molecule has 3 heterocycles. The summed E-state index contributed by atoms with van der Waals surface area (Å²) in [6.45, 7) is 5.14. The van der Waals surface area contributed by atoms with Gasteiger partial charge in [0.1, 0.15) is 0 Å². The lowest BCUT2D eigenvalue weighted by molar-refractivity contribution is 0.132. The van der Waals surface area contributed by atoms with Crippen LogP contribution in [0, 0.1) is 6.92 Å². The lowest BCUT2D eigenvalue weighted by Crippen LogP contribution is -2.51. The number of piperazine rings is 1. The van der Waals surface area contributed by atoms with Gasteiger partial charge in [0.15, 0.2) is 5.76 Å². The zero-order valence-corrected chi connectivity index (χ0v) is 12.4. The first-order chi connectivity index (χ1) is 10.3. The second-order valence-electron chi connectivity index (χ2n) is 6.15. The van der Waals surface area contributed by atoms with Crippen molar-refractivity contribution in [3.05, 3.63) is 41.9 Å². The molecule has 2 saturated heterocycles. The standard InChI is InChI=1S/C17H21N3O/c1-12-4-2-3-5-15(12)16-10-19-17(21-16)11-20-13-6-7-14(20)9-18-8-13/h2-5,10,13-14,18H,6-9,11H2,1H3. The summed E-state index contributed by atoms with van der Waals surface area (Å²) in [6.07, 6.45) is 4.45. The topological polar surface area (TPSA) is 41.3 Å². The Morgan fingerprint density at radius 1 is 1.24 bits per heavy atom. The van der Waals surface area contributed by atoms with E-state index in [9.17, 15) is 0 Å². The van der Waals surface area contributed by atoms with Gasteiger partial charge in [-0.2, -0.15) is 0 Å². The number of oxazole rings is 1.